The number of nitrogens with zero attached hydrogens (tertiary/aromatic N) is 1. The molecule has 0 bridgehead atoms. The summed E-state index contributed by atoms with van der Waals surface area (Å²) in [5, 5.41) is 0. The van der Waals surface area contributed by atoms with Crippen LogP contribution in [0.4, 0.5) is 24.5 Å². The lowest BCUT2D eigenvalue weighted by atomic mass is 10.2. The molecular formula is C10H13F3N2O. The normalized spacial score (nSPS) is 11.3. The number of ether oxygens (including phenoxy) is 1. The van der Waals surface area contributed by atoms with E-state index in [1.54, 1.807) is 25.1 Å². The van der Waals surface area contributed by atoms with Crippen LogP contribution in [0.5, 0.6) is 5.75 Å². The molecular weight excluding hydrogens is 221 g/mol. The average molecular weight is 234 g/mol. The summed E-state index contributed by atoms with van der Waals surface area (Å²) in [6.45, 7) is -1.34. The largest absolute Gasteiger partial charge is 0.482 e. The van der Waals surface area contributed by atoms with E-state index >= 15 is 0 Å². The molecule has 0 radical (unpaired) electrons. The van der Waals surface area contributed by atoms with Crippen molar-refractivity contribution in [2.45, 2.75) is 6.18 Å². The molecule has 0 aromatic heterocycles. The third-order valence-corrected chi connectivity index (χ3v) is 1.90. The van der Waals surface area contributed by atoms with E-state index in [2.05, 4.69) is 4.74 Å². The zero-order chi connectivity index (χ0) is 12.3. The van der Waals surface area contributed by atoms with Crippen molar-refractivity contribution in [2.75, 3.05) is 31.3 Å². The first kappa shape index (κ1) is 12.5. The van der Waals surface area contributed by atoms with Gasteiger partial charge in [-0.15, -0.1) is 0 Å². The molecule has 0 fully saturated rings. The molecule has 2 N–H and O–H groups in total. The Morgan fingerprint density at radius 3 is 2.44 bits per heavy atom. The van der Waals surface area contributed by atoms with Crippen LogP contribution in [0.15, 0.2) is 18.2 Å². The number of alkyl halides is 3. The monoisotopic (exact) mass is 234 g/mol. The first-order chi connectivity index (χ1) is 7.29. The van der Waals surface area contributed by atoms with Crippen molar-refractivity contribution in [1.82, 2.24) is 0 Å². The molecule has 1 aromatic carbocycles. The molecule has 1 rings (SSSR count). The maximum absolute atomic E-state index is 12.0. The van der Waals surface area contributed by atoms with Crippen molar-refractivity contribution < 1.29 is 17.9 Å². The van der Waals surface area contributed by atoms with Crippen LogP contribution in [0.25, 0.3) is 0 Å². The van der Waals surface area contributed by atoms with Crippen LogP contribution in [-0.4, -0.2) is 26.9 Å². The van der Waals surface area contributed by atoms with Crippen molar-refractivity contribution in [3.8, 4) is 5.75 Å². The van der Waals surface area contributed by atoms with E-state index in [0.29, 0.717) is 0 Å². The number of benzene rings is 1. The second kappa shape index (κ2) is 4.51. The molecule has 0 unspecified atom stereocenters. The molecule has 3 nitrogen and oxygen atoms in total. The third kappa shape index (κ3) is 3.52. The zero-order valence-electron chi connectivity index (χ0n) is 9.01. The topological polar surface area (TPSA) is 38.5 Å². The summed E-state index contributed by atoms with van der Waals surface area (Å²) in [5.74, 6) is 0.0449. The number of rotatable bonds is 3. The number of hydrogen-bond donors (Lipinski definition) is 1. The Morgan fingerprint density at radius 2 is 1.94 bits per heavy atom. The molecule has 6 heteroatoms. The van der Waals surface area contributed by atoms with Crippen molar-refractivity contribution in [3.63, 3.8) is 0 Å². The van der Waals surface area contributed by atoms with E-state index in [0.717, 1.165) is 5.69 Å². The van der Waals surface area contributed by atoms with Crippen LogP contribution in [0, 0.1) is 0 Å². The summed E-state index contributed by atoms with van der Waals surface area (Å²) in [6.07, 6.45) is -4.36. The van der Waals surface area contributed by atoms with E-state index in [-0.39, 0.29) is 11.4 Å². The Bertz CT molecular complexity index is 364. The summed E-state index contributed by atoms with van der Waals surface area (Å²) in [7, 11) is 3.55. The summed E-state index contributed by atoms with van der Waals surface area (Å²) in [4.78, 5) is 1.75. The molecule has 0 saturated heterocycles. The van der Waals surface area contributed by atoms with Gasteiger partial charge in [-0.2, -0.15) is 13.2 Å². The van der Waals surface area contributed by atoms with Gasteiger partial charge >= 0.3 is 6.18 Å². The van der Waals surface area contributed by atoms with Crippen molar-refractivity contribution in [3.05, 3.63) is 18.2 Å². The van der Waals surface area contributed by atoms with Crippen LogP contribution in [0.3, 0.4) is 0 Å². The highest BCUT2D eigenvalue weighted by Gasteiger charge is 2.28. The summed E-state index contributed by atoms with van der Waals surface area (Å²) >= 11 is 0. The van der Waals surface area contributed by atoms with Gasteiger partial charge in [-0.25, -0.2) is 0 Å². The van der Waals surface area contributed by atoms with E-state index in [9.17, 15) is 13.2 Å². The molecule has 0 aliphatic carbocycles. The highest BCUT2D eigenvalue weighted by atomic mass is 19.4. The van der Waals surface area contributed by atoms with E-state index in [1.165, 1.54) is 12.1 Å². The molecule has 16 heavy (non-hydrogen) atoms. The first-order valence-corrected chi connectivity index (χ1v) is 4.56. The minimum Gasteiger partial charge on any atom is -0.482 e. The Balaban J connectivity index is 2.82. The first-order valence-electron chi connectivity index (χ1n) is 4.56. The predicted octanol–water partition coefficient (Wildman–Crippen LogP) is 2.28. The Morgan fingerprint density at radius 1 is 1.31 bits per heavy atom. The fourth-order valence-electron chi connectivity index (χ4n) is 1.09. The lowest BCUT2D eigenvalue weighted by Crippen LogP contribution is -2.20. The van der Waals surface area contributed by atoms with Crippen LogP contribution < -0.4 is 15.4 Å². The lowest BCUT2D eigenvalue weighted by Gasteiger charge is -2.16. The van der Waals surface area contributed by atoms with Gasteiger partial charge in [0.05, 0.1) is 5.69 Å². The molecule has 0 aliphatic rings. The number of nitrogens with two attached hydrogens (primary N) is 1. The van der Waals surface area contributed by atoms with Crippen LogP contribution >= 0.6 is 0 Å². The van der Waals surface area contributed by atoms with Gasteiger partial charge in [-0.1, -0.05) is 0 Å². The maximum atomic E-state index is 12.0. The third-order valence-electron chi connectivity index (χ3n) is 1.90. The lowest BCUT2D eigenvalue weighted by molar-refractivity contribution is -0.153. The van der Waals surface area contributed by atoms with Crippen LogP contribution in [0.2, 0.25) is 0 Å². The van der Waals surface area contributed by atoms with Crippen molar-refractivity contribution in [1.29, 1.82) is 0 Å². The van der Waals surface area contributed by atoms with Crippen LogP contribution in [-0.2, 0) is 0 Å². The van der Waals surface area contributed by atoms with E-state index < -0.39 is 12.8 Å². The molecule has 0 saturated carbocycles. The highest BCUT2D eigenvalue weighted by molar-refractivity contribution is 5.61. The van der Waals surface area contributed by atoms with E-state index in [1.807, 2.05) is 0 Å². The van der Waals surface area contributed by atoms with Gasteiger partial charge in [-0.05, 0) is 12.1 Å². The van der Waals surface area contributed by atoms with Gasteiger partial charge in [0.25, 0.3) is 0 Å². The fraction of sp³-hybridized carbons (Fsp3) is 0.400. The maximum Gasteiger partial charge on any atom is 0.422 e. The molecule has 90 valence electrons. The number of halogens is 3. The minimum absolute atomic E-state index is 0.0449. The molecule has 0 atom stereocenters. The van der Waals surface area contributed by atoms with Gasteiger partial charge in [0.1, 0.15) is 5.75 Å². The van der Waals surface area contributed by atoms with Crippen LogP contribution in [0.1, 0.15) is 0 Å². The predicted molar refractivity (Wildman–Crippen MR) is 56.7 cm³/mol. The zero-order valence-corrected chi connectivity index (χ0v) is 9.01. The second-order valence-corrected chi connectivity index (χ2v) is 3.52. The van der Waals surface area contributed by atoms with Gasteiger partial charge in [-0.3, -0.25) is 0 Å². The molecule has 1 aromatic rings. The van der Waals surface area contributed by atoms with E-state index in [4.69, 9.17) is 5.73 Å². The van der Waals surface area contributed by atoms with Gasteiger partial charge in [0, 0.05) is 25.8 Å². The standard InChI is InChI=1S/C10H13F3N2O/c1-15(2)7-3-4-8(14)9(5-7)16-6-10(11,12)13/h3-5H,6,14H2,1-2H3. The number of anilines is 2. The fourth-order valence-corrected chi connectivity index (χ4v) is 1.09. The average Bonchev–Trinajstić information content (AvgIpc) is 2.14. The second-order valence-electron chi connectivity index (χ2n) is 3.52. The summed E-state index contributed by atoms with van der Waals surface area (Å²) in [5.41, 5.74) is 6.43. The Kier molecular flexibility index (Phi) is 3.51. The summed E-state index contributed by atoms with van der Waals surface area (Å²) < 4.78 is 40.5. The molecule has 0 spiro atoms. The van der Waals surface area contributed by atoms with Gasteiger partial charge < -0.3 is 15.4 Å². The van der Waals surface area contributed by atoms with Gasteiger partial charge in [0.2, 0.25) is 0 Å². The molecule has 0 heterocycles. The van der Waals surface area contributed by atoms with Gasteiger partial charge in [0.15, 0.2) is 6.61 Å². The Hall–Kier alpha value is -1.59. The van der Waals surface area contributed by atoms with Crippen molar-refractivity contribution >= 4 is 11.4 Å². The smallest absolute Gasteiger partial charge is 0.422 e. The molecule has 0 aliphatic heterocycles. The van der Waals surface area contributed by atoms with Crippen molar-refractivity contribution in [2.24, 2.45) is 0 Å². The Labute approximate surface area is 91.6 Å². The number of nitrogen functional groups attached to an aromatic ring is 1. The number of hydrogen-bond acceptors (Lipinski definition) is 3. The quantitative estimate of drug-likeness (QED) is 0.815. The SMILES string of the molecule is CN(C)c1ccc(N)c(OCC(F)(F)F)c1. The molecule has 0 amide bonds. The minimum atomic E-state index is -4.36. The highest BCUT2D eigenvalue weighted by Crippen LogP contribution is 2.28. The summed E-state index contributed by atoms with van der Waals surface area (Å²) in [6, 6.07) is 4.69.